The summed E-state index contributed by atoms with van der Waals surface area (Å²) in [5.41, 5.74) is 1.35. The molecular weight excluding hydrogens is 400 g/mol. The van der Waals surface area contributed by atoms with Crippen molar-refractivity contribution in [2.24, 2.45) is 0 Å². The molecule has 3 aromatic carbocycles. The molecule has 0 radical (unpaired) electrons. The minimum atomic E-state index is -3.68. The molecule has 6 nitrogen and oxygen atoms in total. The van der Waals surface area contributed by atoms with Crippen molar-refractivity contribution in [3.05, 3.63) is 72.3 Å². The molecule has 3 aromatic rings. The van der Waals surface area contributed by atoms with Crippen molar-refractivity contribution in [3.63, 3.8) is 0 Å². The average molecular weight is 425 g/mol. The Kier molecular flexibility index (Phi) is 6.24. The smallest absolute Gasteiger partial charge is 0.250 e. The number of carbonyl (C=O) groups excluding carboxylic acids is 1. The quantitative estimate of drug-likeness (QED) is 0.565. The Morgan fingerprint density at radius 3 is 2.30 bits per heavy atom. The van der Waals surface area contributed by atoms with E-state index in [2.05, 4.69) is 0 Å². The highest BCUT2D eigenvalue weighted by Gasteiger charge is 2.22. The molecule has 0 N–H and O–H groups in total. The molecule has 3 rings (SSSR count). The summed E-state index contributed by atoms with van der Waals surface area (Å²) in [4.78, 5) is 14.2. The number of anilines is 1. The Morgan fingerprint density at radius 2 is 1.63 bits per heavy atom. The molecule has 156 valence electrons. The molecular formula is C23H24N2O4S. The van der Waals surface area contributed by atoms with Gasteiger partial charge in [0.15, 0.2) is 0 Å². The van der Waals surface area contributed by atoms with E-state index in [-0.39, 0.29) is 16.6 Å². The number of likely N-dealkylation sites (N-methyl/N-ethyl adjacent to an activating group) is 1. The van der Waals surface area contributed by atoms with Crippen molar-refractivity contribution in [1.82, 2.24) is 4.31 Å². The maximum absolute atomic E-state index is 12.7. The number of amides is 1. The predicted octanol–water partition coefficient (Wildman–Crippen LogP) is 3.77. The molecule has 7 heteroatoms. The van der Waals surface area contributed by atoms with Crippen molar-refractivity contribution in [3.8, 4) is 5.75 Å². The second-order valence-corrected chi connectivity index (χ2v) is 9.08. The topological polar surface area (TPSA) is 66.9 Å². The molecule has 0 saturated carbocycles. The third-order valence-electron chi connectivity index (χ3n) is 4.82. The number of hydrogen-bond acceptors (Lipinski definition) is 4. The van der Waals surface area contributed by atoms with Crippen LogP contribution in [0.4, 0.5) is 5.69 Å². The fourth-order valence-corrected chi connectivity index (χ4v) is 4.07. The first-order valence-corrected chi connectivity index (χ1v) is 10.7. The van der Waals surface area contributed by atoms with Crippen LogP contribution in [0.5, 0.6) is 5.75 Å². The average Bonchev–Trinajstić information content (AvgIpc) is 2.76. The normalized spacial score (nSPS) is 11.9. The second-order valence-electron chi connectivity index (χ2n) is 6.96. The molecule has 0 aliphatic heterocycles. The Labute approximate surface area is 177 Å². The highest BCUT2D eigenvalue weighted by Crippen LogP contribution is 2.27. The zero-order chi connectivity index (χ0) is 21.9. The van der Waals surface area contributed by atoms with Crippen LogP contribution in [0.1, 0.15) is 5.56 Å². The number of nitrogens with zero attached hydrogens (tertiary/aromatic N) is 2. The highest BCUT2D eigenvalue weighted by atomic mass is 32.2. The molecule has 0 atom stereocenters. The Hall–Kier alpha value is -3.16. The first-order chi connectivity index (χ1) is 14.2. The summed E-state index contributed by atoms with van der Waals surface area (Å²) in [7, 11) is 2.35. The number of carbonyl (C=O) groups is 1. The zero-order valence-corrected chi connectivity index (χ0v) is 18.2. The van der Waals surface area contributed by atoms with Crippen molar-refractivity contribution < 1.29 is 17.9 Å². The summed E-state index contributed by atoms with van der Waals surface area (Å²) in [5, 5.41) is 2.15. The summed E-state index contributed by atoms with van der Waals surface area (Å²) in [6.45, 7) is 0. The first kappa shape index (κ1) is 21.5. The van der Waals surface area contributed by atoms with E-state index in [1.54, 1.807) is 30.2 Å². The molecule has 0 spiro atoms. The van der Waals surface area contributed by atoms with Gasteiger partial charge in [0.05, 0.1) is 7.11 Å². The number of benzene rings is 3. The van der Waals surface area contributed by atoms with Gasteiger partial charge in [-0.05, 0) is 46.7 Å². The summed E-state index contributed by atoms with van der Waals surface area (Å²) in [5.74, 6) is 0.0265. The van der Waals surface area contributed by atoms with Crippen LogP contribution in [0, 0.1) is 0 Å². The van der Waals surface area contributed by atoms with Gasteiger partial charge in [0, 0.05) is 32.9 Å². The Morgan fingerprint density at radius 1 is 0.933 bits per heavy atom. The van der Waals surface area contributed by atoms with E-state index in [1.807, 2.05) is 42.5 Å². The molecule has 0 saturated heterocycles. The van der Waals surface area contributed by atoms with Gasteiger partial charge in [-0.15, -0.1) is 0 Å². The van der Waals surface area contributed by atoms with Gasteiger partial charge in [-0.1, -0.05) is 36.4 Å². The Bertz CT molecular complexity index is 1220. The van der Waals surface area contributed by atoms with E-state index >= 15 is 0 Å². The molecule has 1 amide bonds. The molecule has 0 aromatic heterocycles. The molecule has 30 heavy (non-hydrogen) atoms. The third kappa shape index (κ3) is 4.37. The lowest BCUT2D eigenvalue weighted by molar-refractivity contribution is -0.113. The zero-order valence-electron chi connectivity index (χ0n) is 17.4. The number of sulfonamides is 1. The molecule has 0 aliphatic carbocycles. The summed E-state index contributed by atoms with van der Waals surface area (Å²) in [6.07, 6.45) is 3.01. The number of ether oxygens (including phenoxy) is 1. The van der Waals surface area contributed by atoms with Crippen molar-refractivity contribution >= 4 is 38.5 Å². The molecule has 0 aliphatic rings. The van der Waals surface area contributed by atoms with Crippen LogP contribution in [0.25, 0.3) is 16.8 Å². The van der Waals surface area contributed by atoms with Gasteiger partial charge in [0.25, 0.3) is 5.91 Å². The molecule has 0 fully saturated rings. The fourth-order valence-electron chi connectivity index (χ4n) is 2.99. The van der Waals surface area contributed by atoms with Crippen molar-refractivity contribution in [2.75, 3.05) is 33.2 Å². The van der Waals surface area contributed by atoms with Gasteiger partial charge in [-0.2, -0.15) is 0 Å². The molecule has 0 unspecified atom stereocenters. The van der Waals surface area contributed by atoms with Crippen LogP contribution in [0.3, 0.4) is 0 Å². The minimum absolute atomic E-state index is 0.0486. The van der Waals surface area contributed by atoms with Crippen molar-refractivity contribution in [1.29, 1.82) is 0 Å². The molecule has 0 bridgehead atoms. The van der Waals surface area contributed by atoms with Gasteiger partial charge in [-0.25, -0.2) is 12.7 Å². The summed E-state index contributed by atoms with van der Waals surface area (Å²) >= 11 is 0. The lowest BCUT2D eigenvalue weighted by Gasteiger charge is -2.16. The van der Waals surface area contributed by atoms with Gasteiger partial charge < -0.3 is 9.64 Å². The van der Waals surface area contributed by atoms with Crippen molar-refractivity contribution in [2.45, 2.75) is 4.90 Å². The standard InChI is InChI=1S/C23H24N2O4S/c1-24(2)30(27,28)22-15-17(9-13-21(22)29-4)10-14-23(26)25(3)20-12-11-18-7-5-6-8-19(18)16-20/h5-16H,1-4H3. The van der Waals surface area contributed by atoms with Crippen LogP contribution in [0.15, 0.2) is 71.6 Å². The van der Waals surface area contributed by atoms with Crippen LogP contribution in [-0.2, 0) is 14.8 Å². The van der Waals surface area contributed by atoms with Crippen LogP contribution in [-0.4, -0.2) is 46.9 Å². The van der Waals surface area contributed by atoms with Gasteiger partial charge >= 0.3 is 0 Å². The first-order valence-electron chi connectivity index (χ1n) is 9.29. The SMILES string of the molecule is COc1ccc(C=CC(=O)N(C)c2ccc3ccccc3c2)cc1S(=O)(=O)N(C)C. The van der Waals surface area contributed by atoms with E-state index in [9.17, 15) is 13.2 Å². The lowest BCUT2D eigenvalue weighted by atomic mass is 10.1. The molecule has 0 heterocycles. The van der Waals surface area contributed by atoms with Crippen LogP contribution < -0.4 is 9.64 Å². The largest absolute Gasteiger partial charge is 0.495 e. The van der Waals surface area contributed by atoms with Crippen LogP contribution >= 0.6 is 0 Å². The maximum atomic E-state index is 12.7. The van der Waals surface area contributed by atoms with Crippen LogP contribution in [0.2, 0.25) is 0 Å². The van der Waals surface area contributed by atoms with Gasteiger partial charge in [0.2, 0.25) is 10.0 Å². The third-order valence-corrected chi connectivity index (χ3v) is 6.65. The maximum Gasteiger partial charge on any atom is 0.250 e. The van der Waals surface area contributed by atoms with E-state index < -0.39 is 10.0 Å². The number of hydrogen-bond donors (Lipinski definition) is 0. The van der Waals surface area contributed by atoms with Gasteiger partial charge in [0.1, 0.15) is 10.6 Å². The predicted molar refractivity (Wildman–Crippen MR) is 120 cm³/mol. The number of rotatable bonds is 6. The number of methoxy groups -OCH3 is 1. The van der Waals surface area contributed by atoms with E-state index in [1.165, 1.54) is 33.3 Å². The number of fused-ring (bicyclic) bond motifs is 1. The second kappa shape index (κ2) is 8.69. The summed E-state index contributed by atoms with van der Waals surface area (Å²) < 4.78 is 31.4. The highest BCUT2D eigenvalue weighted by molar-refractivity contribution is 7.89. The lowest BCUT2D eigenvalue weighted by Crippen LogP contribution is -2.24. The fraction of sp³-hybridized carbons (Fsp3) is 0.174. The monoisotopic (exact) mass is 424 g/mol. The summed E-state index contributed by atoms with van der Waals surface area (Å²) in [6, 6.07) is 18.5. The van der Waals surface area contributed by atoms with E-state index in [0.29, 0.717) is 5.56 Å². The van der Waals surface area contributed by atoms with E-state index in [0.717, 1.165) is 20.8 Å². The van der Waals surface area contributed by atoms with Gasteiger partial charge in [-0.3, -0.25) is 4.79 Å². The van der Waals surface area contributed by atoms with E-state index in [4.69, 9.17) is 4.74 Å². The minimum Gasteiger partial charge on any atom is -0.495 e. The Balaban J connectivity index is 1.86.